The number of fused-ring (bicyclic) bond motifs is 1. The molecular formula is C27H25FN4O5S. The van der Waals surface area contributed by atoms with Crippen molar-refractivity contribution in [1.29, 1.82) is 0 Å². The predicted octanol–water partition coefficient (Wildman–Crippen LogP) is 4.28. The fraction of sp³-hybridized carbons (Fsp3) is 0.222. The van der Waals surface area contributed by atoms with E-state index in [2.05, 4.69) is 15.6 Å². The van der Waals surface area contributed by atoms with Gasteiger partial charge in [0.25, 0.3) is 5.91 Å². The van der Waals surface area contributed by atoms with Gasteiger partial charge in [0.2, 0.25) is 15.9 Å². The lowest BCUT2D eigenvalue weighted by molar-refractivity contribution is -0.114. The smallest absolute Gasteiger partial charge is 0.255 e. The predicted molar refractivity (Wildman–Crippen MR) is 142 cm³/mol. The van der Waals surface area contributed by atoms with Crippen molar-refractivity contribution in [2.75, 3.05) is 29.5 Å². The summed E-state index contributed by atoms with van der Waals surface area (Å²) in [5.74, 6) is -0.788. The van der Waals surface area contributed by atoms with Gasteiger partial charge in [-0.05, 0) is 66.8 Å². The van der Waals surface area contributed by atoms with Gasteiger partial charge in [-0.2, -0.15) is 0 Å². The van der Waals surface area contributed by atoms with E-state index in [1.165, 1.54) is 37.5 Å². The van der Waals surface area contributed by atoms with Crippen LogP contribution in [0.2, 0.25) is 0 Å². The maximum atomic E-state index is 13.6. The van der Waals surface area contributed by atoms with Gasteiger partial charge in [0.05, 0.1) is 17.5 Å². The summed E-state index contributed by atoms with van der Waals surface area (Å²) >= 11 is 0. The second-order valence-corrected chi connectivity index (χ2v) is 11.0. The lowest BCUT2D eigenvalue weighted by Gasteiger charge is -2.24. The highest BCUT2D eigenvalue weighted by molar-refractivity contribution is 7.92. The minimum Gasteiger partial charge on any atom is -0.455 e. The molecule has 2 aromatic carbocycles. The highest BCUT2D eigenvalue weighted by atomic mass is 32.2. The molecule has 0 unspecified atom stereocenters. The van der Waals surface area contributed by atoms with Crippen LogP contribution in [-0.4, -0.2) is 45.1 Å². The quantitative estimate of drug-likeness (QED) is 0.347. The van der Waals surface area contributed by atoms with Crippen molar-refractivity contribution in [3.63, 3.8) is 0 Å². The monoisotopic (exact) mass is 536 g/mol. The van der Waals surface area contributed by atoms with Gasteiger partial charge in [-0.15, -0.1) is 0 Å². The summed E-state index contributed by atoms with van der Waals surface area (Å²) in [7, 11) is -2.40. The molecule has 4 aromatic rings. The van der Waals surface area contributed by atoms with E-state index >= 15 is 0 Å². The van der Waals surface area contributed by atoms with Crippen LogP contribution in [0.3, 0.4) is 0 Å². The normalized spacial score (nSPS) is 13.3. The Hall–Kier alpha value is -4.25. The summed E-state index contributed by atoms with van der Waals surface area (Å²) in [6, 6.07) is 13.9. The highest BCUT2D eigenvalue weighted by Gasteiger charge is 2.34. The molecule has 1 aliphatic carbocycles. The van der Waals surface area contributed by atoms with Gasteiger partial charge >= 0.3 is 0 Å². The van der Waals surface area contributed by atoms with Crippen molar-refractivity contribution < 1.29 is 26.8 Å². The van der Waals surface area contributed by atoms with Gasteiger partial charge in [-0.1, -0.05) is 6.07 Å². The van der Waals surface area contributed by atoms with Crippen LogP contribution in [0.15, 0.2) is 65.2 Å². The first-order valence-corrected chi connectivity index (χ1v) is 13.8. The maximum absolute atomic E-state index is 13.6. The molecular weight excluding hydrogens is 511 g/mol. The molecule has 1 fully saturated rings. The second-order valence-electron chi connectivity index (χ2n) is 9.11. The summed E-state index contributed by atoms with van der Waals surface area (Å²) in [6.45, 7) is -0.478. The minimum absolute atomic E-state index is 0.0687. The van der Waals surface area contributed by atoms with Crippen molar-refractivity contribution >= 4 is 44.3 Å². The minimum atomic E-state index is -3.89. The van der Waals surface area contributed by atoms with Gasteiger partial charge in [-0.25, -0.2) is 17.8 Å². The van der Waals surface area contributed by atoms with E-state index in [1.54, 1.807) is 30.3 Å². The maximum Gasteiger partial charge on any atom is 0.255 e. The van der Waals surface area contributed by atoms with E-state index in [0.717, 1.165) is 23.4 Å². The second kappa shape index (κ2) is 9.90. The number of sulfonamides is 1. The third-order valence-electron chi connectivity index (χ3n) is 6.30. The molecule has 0 atom stereocenters. The number of rotatable bonds is 8. The number of benzene rings is 2. The summed E-state index contributed by atoms with van der Waals surface area (Å²) in [5, 5.41) is 5.73. The van der Waals surface area contributed by atoms with E-state index in [1.807, 2.05) is 0 Å². The Morgan fingerprint density at radius 1 is 1.13 bits per heavy atom. The molecule has 196 valence electrons. The van der Waals surface area contributed by atoms with Crippen LogP contribution in [0.4, 0.5) is 15.9 Å². The number of halogens is 1. The number of hydrogen-bond acceptors (Lipinski definition) is 6. The van der Waals surface area contributed by atoms with E-state index in [-0.39, 0.29) is 22.8 Å². The number of amides is 2. The average Bonchev–Trinajstić information content (AvgIpc) is 3.67. The molecule has 0 spiro atoms. The van der Waals surface area contributed by atoms with E-state index in [9.17, 15) is 22.4 Å². The third kappa shape index (κ3) is 5.10. The van der Waals surface area contributed by atoms with Crippen molar-refractivity contribution in [2.24, 2.45) is 0 Å². The van der Waals surface area contributed by atoms with Gasteiger partial charge in [0.1, 0.15) is 29.5 Å². The van der Waals surface area contributed by atoms with Crippen LogP contribution in [0.25, 0.3) is 22.3 Å². The molecule has 9 nitrogen and oxygen atoms in total. The average molecular weight is 537 g/mol. The van der Waals surface area contributed by atoms with Crippen molar-refractivity contribution in [1.82, 2.24) is 10.3 Å². The van der Waals surface area contributed by atoms with Gasteiger partial charge in [-0.3, -0.25) is 13.9 Å². The number of carbonyl (C=O) groups is 2. The molecule has 2 heterocycles. The van der Waals surface area contributed by atoms with E-state index < -0.39 is 34.2 Å². The Morgan fingerprint density at radius 2 is 1.87 bits per heavy atom. The Balaban J connectivity index is 1.64. The zero-order valence-corrected chi connectivity index (χ0v) is 21.5. The zero-order chi connectivity index (χ0) is 27.0. The fourth-order valence-electron chi connectivity index (χ4n) is 4.37. The molecule has 0 saturated heterocycles. The zero-order valence-electron chi connectivity index (χ0n) is 20.7. The van der Waals surface area contributed by atoms with Crippen LogP contribution < -0.4 is 14.9 Å². The molecule has 2 aromatic heterocycles. The molecule has 38 heavy (non-hydrogen) atoms. The summed E-state index contributed by atoms with van der Waals surface area (Å²) in [6.07, 6.45) is 4.23. The number of aromatic nitrogens is 1. The molecule has 1 saturated carbocycles. The Morgan fingerprint density at radius 3 is 2.47 bits per heavy atom. The summed E-state index contributed by atoms with van der Waals surface area (Å²) in [4.78, 5) is 29.8. The van der Waals surface area contributed by atoms with Gasteiger partial charge < -0.3 is 15.1 Å². The number of nitrogens with zero attached hydrogens (tertiary/aromatic N) is 2. The van der Waals surface area contributed by atoms with Crippen LogP contribution >= 0.6 is 0 Å². The Bertz CT molecular complexity index is 1630. The number of nitrogens with one attached hydrogen (secondary N) is 2. The van der Waals surface area contributed by atoms with Crippen LogP contribution in [-0.2, 0) is 14.8 Å². The molecule has 0 aliphatic heterocycles. The van der Waals surface area contributed by atoms with Crippen LogP contribution in [0.1, 0.15) is 34.7 Å². The van der Waals surface area contributed by atoms with E-state index in [4.69, 9.17) is 4.42 Å². The van der Waals surface area contributed by atoms with Gasteiger partial charge in [0, 0.05) is 30.3 Å². The molecule has 1 aliphatic rings. The van der Waals surface area contributed by atoms with Crippen LogP contribution in [0.5, 0.6) is 0 Å². The molecule has 5 rings (SSSR count). The van der Waals surface area contributed by atoms with Gasteiger partial charge in [0.15, 0.2) is 0 Å². The topological polar surface area (TPSA) is 122 Å². The van der Waals surface area contributed by atoms with Crippen LogP contribution in [0, 0.1) is 5.82 Å². The largest absolute Gasteiger partial charge is 0.455 e. The molecule has 0 bridgehead atoms. The number of anilines is 2. The third-order valence-corrected chi connectivity index (χ3v) is 7.43. The first-order chi connectivity index (χ1) is 18.2. The first-order valence-electron chi connectivity index (χ1n) is 11.9. The number of furan rings is 1. The highest BCUT2D eigenvalue weighted by Crippen LogP contribution is 2.48. The number of pyridine rings is 1. The molecule has 2 amide bonds. The fourth-order valence-corrected chi connectivity index (χ4v) is 5.24. The number of carbonyl (C=O) groups excluding carboxylic acids is 2. The number of hydrogen-bond donors (Lipinski definition) is 2. The molecule has 11 heteroatoms. The Kier molecular flexibility index (Phi) is 6.62. The summed E-state index contributed by atoms with van der Waals surface area (Å²) in [5.41, 5.74) is 2.03. The summed E-state index contributed by atoms with van der Waals surface area (Å²) < 4.78 is 46.6. The first kappa shape index (κ1) is 25.4. The van der Waals surface area contributed by atoms with Crippen molar-refractivity contribution in [3.05, 3.63) is 77.7 Å². The Labute approximate surface area is 218 Å². The SMILES string of the molecule is CNC(=O)c1c(-c2ccc(F)cc2)oc2cc(N(CC(=O)Nc3ccccn3)S(C)(=O)=O)c(C3CC3)cc12. The van der Waals surface area contributed by atoms with Crippen molar-refractivity contribution in [3.8, 4) is 11.3 Å². The standard InChI is InChI=1S/C27H25FN4O5S/c1-29-27(34)25-20-13-19(16-6-7-16)21(14-22(20)37-26(25)17-8-10-18(28)11-9-17)32(38(2,35)36)15-24(33)31-23-5-3-4-12-30-23/h3-5,8-14,16H,6-7,15H2,1-2H3,(H,29,34)(H,30,31,33). The lowest BCUT2D eigenvalue weighted by atomic mass is 10.0. The molecule has 0 radical (unpaired) electrons. The van der Waals surface area contributed by atoms with Crippen molar-refractivity contribution in [2.45, 2.75) is 18.8 Å². The lowest BCUT2D eigenvalue weighted by Crippen LogP contribution is -2.38. The van der Waals surface area contributed by atoms with E-state index in [0.29, 0.717) is 28.0 Å². The molecule has 2 N–H and O–H groups in total.